The molecule has 3 aliphatic rings. The van der Waals surface area contributed by atoms with E-state index in [2.05, 4.69) is 40.2 Å². The number of rotatable bonds is 5. The lowest BCUT2D eigenvalue weighted by Gasteiger charge is -2.41. The summed E-state index contributed by atoms with van der Waals surface area (Å²) >= 11 is 0. The number of halogens is 3. The van der Waals surface area contributed by atoms with Gasteiger partial charge in [0.05, 0.1) is 11.3 Å². The Hall–Kier alpha value is -2.13. The van der Waals surface area contributed by atoms with Crippen LogP contribution in [0.1, 0.15) is 50.9 Å². The van der Waals surface area contributed by atoms with Crippen molar-refractivity contribution in [3.8, 4) is 11.3 Å². The molecule has 2 aliphatic carbocycles. The third kappa shape index (κ3) is 4.33. The third-order valence-electron chi connectivity index (χ3n) is 8.09. The Bertz CT molecular complexity index is 1040. The van der Waals surface area contributed by atoms with Crippen LogP contribution < -0.4 is 5.73 Å². The molecule has 0 bridgehead atoms. The number of aromatic nitrogens is 3. The summed E-state index contributed by atoms with van der Waals surface area (Å²) in [5.41, 5.74) is 5.59. The Morgan fingerprint density at radius 3 is 2.59 bits per heavy atom. The SMILES string of the molecule is CC(C)Cc1nc(-c2cnc(N)c(C(F)(F)F)c2)cn1C12CCC(N3CCN(C)CC3)C[C@H]1C2. The van der Waals surface area contributed by atoms with E-state index in [4.69, 9.17) is 10.7 Å². The molecule has 5 rings (SSSR count). The number of anilines is 1. The van der Waals surface area contributed by atoms with Gasteiger partial charge < -0.3 is 15.2 Å². The van der Waals surface area contributed by atoms with E-state index in [1.807, 2.05) is 6.20 Å². The summed E-state index contributed by atoms with van der Waals surface area (Å²) in [6.45, 7) is 8.84. The second-order valence-corrected chi connectivity index (χ2v) is 10.9. The molecule has 9 heteroatoms. The van der Waals surface area contributed by atoms with Crippen LogP contribution >= 0.6 is 0 Å². The van der Waals surface area contributed by atoms with E-state index in [9.17, 15) is 13.2 Å². The molecule has 3 atom stereocenters. The van der Waals surface area contributed by atoms with Gasteiger partial charge in [-0.15, -0.1) is 0 Å². The van der Waals surface area contributed by atoms with E-state index in [-0.39, 0.29) is 5.54 Å². The van der Waals surface area contributed by atoms with Crippen molar-refractivity contribution < 1.29 is 13.2 Å². The minimum absolute atomic E-state index is 0.0621. The maximum Gasteiger partial charge on any atom is 0.419 e. The first-order valence-electron chi connectivity index (χ1n) is 12.4. The number of imidazole rings is 1. The molecular formula is C25H35F3N6. The molecular weight excluding hydrogens is 441 g/mol. The van der Waals surface area contributed by atoms with Crippen LogP contribution in [0.4, 0.5) is 19.0 Å². The Morgan fingerprint density at radius 2 is 1.94 bits per heavy atom. The van der Waals surface area contributed by atoms with Crippen molar-refractivity contribution in [2.75, 3.05) is 39.0 Å². The molecule has 2 N–H and O–H groups in total. The zero-order chi connectivity index (χ0) is 24.3. The number of nitrogens with zero attached hydrogens (tertiary/aromatic N) is 5. The lowest BCUT2D eigenvalue weighted by atomic mass is 9.89. The summed E-state index contributed by atoms with van der Waals surface area (Å²) in [5, 5.41) is 0. The van der Waals surface area contributed by atoms with Crippen LogP contribution in [0.2, 0.25) is 0 Å². The highest BCUT2D eigenvalue weighted by Gasteiger charge is 2.59. The van der Waals surface area contributed by atoms with E-state index in [0.717, 1.165) is 63.8 Å². The van der Waals surface area contributed by atoms with Gasteiger partial charge in [0.25, 0.3) is 0 Å². The minimum atomic E-state index is -4.54. The summed E-state index contributed by atoms with van der Waals surface area (Å²) in [6.07, 6.45) is 4.22. The molecule has 0 radical (unpaired) electrons. The highest BCUT2D eigenvalue weighted by Crippen LogP contribution is 2.60. The van der Waals surface area contributed by atoms with Crippen molar-refractivity contribution in [1.82, 2.24) is 24.3 Å². The molecule has 2 aromatic rings. The lowest BCUT2D eigenvalue weighted by Crippen LogP contribution is -2.50. The number of nitrogen functional groups attached to an aromatic ring is 1. The molecule has 2 saturated carbocycles. The fourth-order valence-electron chi connectivity index (χ4n) is 6.07. The number of piperazine rings is 1. The molecule has 34 heavy (non-hydrogen) atoms. The average Bonchev–Trinajstić information content (AvgIpc) is 3.36. The van der Waals surface area contributed by atoms with Crippen LogP contribution in [0.3, 0.4) is 0 Å². The molecule has 6 nitrogen and oxygen atoms in total. The standard InChI is InChI=1S/C25H35F3N6/c1-16(2)10-22-31-21(17-11-20(25(26,27)28)23(29)30-14-17)15-34(22)24-5-4-19(12-18(24)13-24)33-8-6-32(3)7-9-33/h11,14-16,18-19H,4-10,12-13H2,1-3H3,(H2,29,30)/t18-,19?,24?/m0/s1. The fraction of sp³-hybridized carbons (Fsp3) is 0.680. The van der Waals surface area contributed by atoms with E-state index in [1.54, 1.807) is 0 Å². The monoisotopic (exact) mass is 476 g/mol. The quantitative estimate of drug-likeness (QED) is 0.699. The smallest absolute Gasteiger partial charge is 0.383 e. The molecule has 2 aromatic heterocycles. The lowest BCUT2D eigenvalue weighted by molar-refractivity contribution is -0.137. The van der Waals surface area contributed by atoms with Gasteiger partial charge in [-0.1, -0.05) is 13.8 Å². The van der Waals surface area contributed by atoms with Gasteiger partial charge in [-0.2, -0.15) is 13.2 Å². The normalized spacial score (nSPS) is 28.3. The highest BCUT2D eigenvalue weighted by molar-refractivity contribution is 5.62. The van der Waals surface area contributed by atoms with Gasteiger partial charge in [-0.3, -0.25) is 4.90 Å². The Kier molecular flexibility index (Phi) is 5.91. The first kappa shape index (κ1) is 23.6. The number of alkyl halides is 3. The topological polar surface area (TPSA) is 63.2 Å². The van der Waals surface area contributed by atoms with Crippen molar-refractivity contribution in [1.29, 1.82) is 0 Å². The van der Waals surface area contributed by atoms with Gasteiger partial charge in [0, 0.05) is 62.1 Å². The molecule has 3 heterocycles. The fourth-order valence-corrected chi connectivity index (χ4v) is 6.07. The van der Waals surface area contributed by atoms with Gasteiger partial charge >= 0.3 is 6.18 Å². The average molecular weight is 477 g/mol. The first-order valence-corrected chi connectivity index (χ1v) is 12.4. The number of hydrogen-bond donors (Lipinski definition) is 1. The largest absolute Gasteiger partial charge is 0.419 e. The van der Waals surface area contributed by atoms with Gasteiger partial charge in [0.15, 0.2) is 0 Å². The molecule has 1 aliphatic heterocycles. The number of likely N-dealkylation sites (N-methyl/N-ethyl adjacent to an activating group) is 1. The maximum absolute atomic E-state index is 13.4. The number of hydrogen-bond acceptors (Lipinski definition) is 5. The molecule has 2 unspecified atom stereocenters. The molecule has 186 valence electrons. The summed E-state index contributed by atoms with van der Waals surface area (Å²) in [4.78, 5) is 13.7. The Morgan fingerprint density at radius 1 is 1.21 bits per heavy atom. The molecule has 0 amide bonds. The Balaban J connectivity index is 1.41. The predicted molar refractivity (Wildman–Crippen MR) is 126 cm³/mol. The molecule has 0 aromatic carbocycles. The summed E-state index contributed by atoms with van der Waals surface area (Å²) in [5.74, 6) is 1.48. The van der Waals surface area contributed by atoms with Crippen LogP contribution in [-0.4, -0.2) is 63.6 Å². The van der Waals surface area contributed by atoms with Gasteiger partial charge in [-0.25, -0.2) is 9.97 Å². The van der Waals surface area contributed by atoms with Gasteiger partial charge in [-0.05, 0) is 50.6 Å². The predicted octanol–water partition coefficient (Wildman–Crippen LogP) is 4.26. The van der Waals surface area contributed by atoms with E-state index < -0.39 is 17.6 Å². The van der Waals surface area contributed by atoms with Crippen molar-refractivity contribution >= 4 is 5.82 Å². The first-order chi connectivity index (χ1) is 16.1. The van der Waals surface area contributed by atoms with Crippen molar-refractivity contribution in [3.63, 3.8) is 0 Å². The third-order valence-corrected chi connectivity index (χ3v) is 8.09. The van der Waals surface area contributed by atoms with Crippen molar-refractivity contribution in [2.24, 2.45) is 11.8 Å². The van der Waals surface area contributed by atoms with Crippen molar-refractivity contribution in [3.05, 3.63) is 29.8 Å². The van der Waals surface area contributed by atoms with E-state index in [1.165, 1.54) is 12.6 Å². The van der Waals surface area contributed by atoms with Crippen LogP contribution in [0, 0.1) is 11.8 Å². The second kappa shape index (κ2) is 8.52. The minimum Gasteiger partial charge on any atom is -0.383 e. The number of pyridine rings is 1. The number of fused-ring (bicyclic) bond motifs is 1. The van der Waals surface area contributed by atoms with Crippen LogP contribution in [0.25, 0.3) is 11.3 Å². The molecule has 3 fully saturated rings. The zero-order valence-corrected chi connectivity index (χ0v) is 20.3. The van der Waals surface area contributed by atoms with Gasteiger partial charge in [0.2, 0.25) is 0 Å². The van der Waals surface area contributed by atoms with Crippen LogP contribution in [-0.2, 0) is 18.1 Å². The summed E-state index contributed by atoms with van der Waals surface area (Å²) < 4.78 is 42.6. The van der Waals surface area contributed by atoms with Crippen LogP contribution in [0.5, 0.6) is 0 Å². The van der Waals surface area contributed by atoms with Crippen LogP contribution in [0.15, 0.2) is 18.5 Å². The van der Waals surface area contributed by atoms with E-state index in [0.29, 0.717) is 29.1 Å². The summed E-state index contributed by atoms with van der Waals surface area (Å²) in [7, 11) is 2.19. The van der Waals surface area contributed by atoms with E-state index >= 15 is 0 Å². The summed E-state index contributed by atoms with van der Waals surface area (Å²) in [6, 6.07) is 1.72. The highest BCUT2D eigenvalue weighted by atomic mass is 19.4. The Labute approximate surface area is 199 Å². The van der Waals surface area contributed by atoms with Gasteiger partial charge in [0.1, 0.15) is 11.6 Å². The van der Waals surface area contributed by atoms with Crippen molar-refractivity contribution in [2.45, 2.75) is 63.7 Å². The maximum atomic E-state index is 13.4. The zero-order valence-electron chi connectivity index (χ0n) is 20.3. The second-order valence-electron chi connectivity index (χ2n) is 10.9. The molecule has 1 saturated heterocycles. The number of nitrogens with two attached hydrogens (primary N) is 1. The molecule has 0 spiro atoms.